The van der Waals surface area contributed by atoms with E-state index < -0.39 is 0 Å². The quantitative estimate of drug-likeness (QED) is 0.311. The predicted molar refractivity (Wildman–Crippen MR) is 30.8 cm³/mol. The van der Waals surface area contributed by atoms with Gasteiger partial charge in [-0.3, -0.25) is 0 Å². The second-order valence-corrected chi connectivity index (χ2v) is 1.65. The molecule has 0 fully saturated rings. The van der Waals surface area contributed by atoms with Gasteiger partial charge in [-0.2, -0.15) is 4.58 Å². The topological polar surface area (TPSA) is 12.2 Å². The van der Waals surface area contributed by atoms with Gasteiger partial charge in [0.15, 0.2) is 13.2 Å². The van der Waals surface area contributed by atoms with E-state index in [4.69, 9.17) is 11.2 Å². The van der Waals surface area contributed by atoms with Gasteiger partial charge in [-0.15, -0.1) is 6.42 Å². The number of nitrogens with zero attached hydrogens (tertiary/aromatic N) is 1. The highest BCUT2D eigenvalue weighted by Gasteiger charge is 2.07. The van der Waals surface area contributed by atoms with Gasteiger partial charge in [-0.1, -0.05) is 0 Å². The van der Waals surface area contributed by atoms with Gasteiger partial charge in [-0.05, 0) is 5.92 Å². The number of hydrogen-bond donors (Lipinski definition) is 0. The first kappa shape index (κ1) is 8.51. The van der Waals surface area contributed by atoms with Crippen LogP contribution in [0.15, 0.2) is 0 Å². The summed E-state index contributed by atoms with van der Waals surface area (Å²) < 4.78 is 6.87. The summed E-state index contributed by atoms with van der Waals surface area (Å²) >= 11 is 0. The molecule has 3 heteroatoms. The fourth-order valence-corrected chi connectivity index (χ4v) is 0.614. The molecule has 0 spiro atoms. The number of ether oxygens (including phenoxy) is 1. The lowest BCUT2D eigenvalue weighted by atomic mass is 10.6. The molecule has 0 N–H and O–H groups in total. The van der Waals surface area contributed by atoms with Crippen molar-refractivity contribution in [1.82, 2.24) is 0 Å². The third-order valence-corrected chi connectivity index (χ3v) is 1.01. The van der Waals surface area contributed by atoms with Gasteiger partial charge in [0.05, 0.1) is 0 Å². The van der Waals surface area contributed by atoms with E-state index in [1.807, 2.05) is 4.58 Å². The van der Waals surface area contributed by atoms with Crippen molar-refractivity contribution < 1.29 is 26.3 Å². The number of rotatable bonds is 1. The predicted octanol–water partition coefficient (Wildman–Crippen LogP) is -3.31. The fraction of sp³-hybridized carbons (Fsp3) is 0.500. The van der Waals surface area contributed by atoms with Gasteiger partial charge in [0, 0.05) is 0 Å². The van der Waals surface area contributed by atoms with E-state index in [-0.39, 0.29) is 17.0 Å². The molecule has 0 saturated heterocycles. The Hall–Kier alpha value is -0.490. The van der Waals surface area contributed by atoms with Crippen molar-refractivity contribution in [3.05, 3.63) is 0 Å². The molecular weight excluding hydrogens is 182 g/mol. The van der Waals surface area contributed by atoms with Gasteiger partial charge in [0.25, 0.3) is 0 Å². The van der Waals surface area contributed by atoms with Gasteiger partial charge >= 0.3 is 6.40 Å². The highest BCUT2D eigenvalue weighted by molar-refractivity contribution is 5.40. The molecular formula is C6H8BrNO. The molecule has 2 nitrogen and oxygen atoms in total. The maximum atomic E-state index is 5.04. The first-order chi connectivity index (χ1) is 3.93. The first-order valence-corrected chi connectivity index (χ1v) is 2.56. The molecule has 50 valence electrons. The average Bonchev–Trinajstić information content (AvgIpc) is 2.19. The van der Waals surface area contributed by atoms with E-state index in [2.05, 4.69) is 5.92 Å². The Balaban J connectivity index is 0.000000640. The summed E-state index contributed by atoms with van der Waals surface area (Å²) in [5.74, 6) is 2.52. The van der Waals surface area contributed by atoms with Crippen molar-refractivity contribution >= 4 is 6.40 Å². The van der Waals surface area contributed by atoms with Crippen LogP contribution in [0, 0.1) is 12.3 Å². The van der Waals surface area contributed by atoms with E-state index in [1.165, 1.54) is 0 Å². The Morgan fingerprint density at radius 3 is 3.00 bits per heavy atom. The Kier molecular flexibility index (Phi) is 4.16. The van der Waals surface area contributed by atoms with Crippen molar-refractivity contribution in [3.8, 4) is 12.3 Å². The maximum Gasteiger partial charge on any atom is 0.324 e. The third kappa shape index (κ3) is 2.52. The highest BCUT2D eigenvalue weighted by atomic mass is 79.9. The van der Waals surface area contributed by atoms with Crippen LogP contribution in [0.2, 0.25) is 0 Å². The Morgan fingerprint density at radius 2 is 2.56 bits per heavy atom. The SMILES string of the molecule is C#CC[N+]1=COCC1.[Br-]. The zero-order valence-corrected chi connectivity index (χ0v) is 6.60. The molecule has 0 aromatic rings. The minimum atomic E-state index is 0. The van der Waals surface area contributed by atoms with Crippen LogP contribution in [-0.2, 0) is 4.74 Å². The van der Waals surface area contributed by atoms with Crippen molar-refractivity contribution in [2.45, 2.75) is 0 Å². The van der Waals surface area contributed by atoms with Gasteiger partial charge in [-0.25, -0.2) is 0 Å². The molecule has 0 aromatic carbocycles. The van der Waals surface area contributed by atoms with Crippen molar-refractivity contribution in [2.24, 2.45) is 0 Å². The van der Waals surface area contributed by atoms with Gasteiger partial charge < -0.3 is 21.7 Å². The van der Waals surface area contributed by atoms with Crippen molar-refractivity contribution in [1.29, 1.82) is 0 Å². The molecule has 0 radical (unpaired) electrons. The van der Waals surface area contributed by atoms with Gasteiger partial charge in [0.2, 0.25) is 6.54 Å². The zero-order valence-electron chi connectivity index (χ0n) is 5.01. The fourth-order valence-electron chi connectivity index (χ4n) is 0.614. The van der Waals surface area contributed by atoms with Crippen LogP contribution in [0.1, 0.15) is 0 Å². The summed E-state index contributed by atoms with van der Waals surface area (Å²) in [7, 11) is 0. The minimum Gasteiger partial charge on any atom is -1.00 e. The monoisotopic (exact) mass is 189 g/mol. The molecule has 0 saturated carbocycles. The van der Waals surface area contributed by atoms with Gasteiger partial charge in [0.1, 0.15) is 0 Å². The summed E-state index contributed by atoms with van der Waals surface area (Å²) in [5, 5.41) is 0. The molecule has 9 heavy (non-hydrogen) atoms. The van der Waals surface area contributed by atoms with Crippen LogP contribution in [0.5, 0.6) is 0 Å². The average molecular weight is 190 g/mol. The Labute approximate surface area is 65.3 Å². The molecule has 1 rings (SSSR count). The smallest absolute Gasteiger partial charge is 0.324 e. The second-order valence-electron chi connectivity index (χ2n) is 1.65. The largest absolute Gasteiger partial charge is 1.00 e. The van der Waals surface area contributed by atoms with E-state index in [0.29, 0.717) is 6.54 Å². The molecule has 0 unspecified atom stereocenters. The van der Waals surface area contributed by atoms with Crippen LogP contribution in [0.25, 0.3) is 0 Å². The summed E-state index contributed by atoms with van der Waals surface area (Å²) in [6.45, 7) is 2.38. The Morgan fingerprint density at radius 1 is 1.78 bits per heavy atom. The van der Waals surface area contributed by atoms with Crippen LogP contribution in [0.3, 0.4) is 0 Å². The molecule has 1 aliphatic heterocycles. The van der Waals surface area contributed by atoms with Crippen LogP contribution in [0.4, 0.5) is 0 Å². The van der Waals surface area contributed by atoms with E-state index in [1.54, 1.807) is 6.40 Å². The lowest BCUT2D eigenvalue weighted by Crippen LogP contribution is -3.00. The lowest BCUT2D eigenvalue weighted by molar-refractivity contribution is -0.501. The zero-order chi connectivity index (χ0) is 5.82. The Bertz CT molecular complexity index is 148. The summed E-state index contributed by atoms with van der Waals surface area (Å²) in [5.41, 5.74) is 0. The lowest BCUT2D eigenvalue weighted by Gasteiger charge is -1.81. The molecule has 0 aliphatic carbocycles. The molecule has 0 aromatic heterocycles. The molecule has 0 bridgehead atoms. The van der Waals surface area contributed by atoms with E-state index in [0.717, 1.165) is 13.2 Å². The van der Waals surface area contributed by atoms with E-state index >= 15 is 0 Å². The molecule has 0 atom stereocenters. The number of halogens is 1. The maximum absolute atomic E-state index is 5.04. The summed E-state index contributed by atoms with van der Waals surface area (Å²) in [6.07, 6.45) is 6.72. The van der Waals surface area contributed by atoms with Crippen LogP contribution < -0.4 is 17.0 Å². The number of terminal acetylenes is 1. The standard InChI is InChI=1S/C6H8NO.BrH/c1-2-3-7-4-5-8-6-7;/h1,6H,3-5H2;1H/q+1;/p-1. The summed E-state index contributed by atoms with van der Waals surface area (Å²) in [4.78, 5) is 0. The third-order valence-electron chi connectivity index (χ3n) is 1.01. The first-order valence-electron chi connectivity index (χ1n) is 2.56. The van der Waals surface area contributed by atoms with Crippen LogP contribution in [-0.4, -0.2) is 30.7 Å². The van der Waals surface area contributed by atoms with E-state index in [9.17, 15) is 0 Å². The second kappa shape index (κ2) is 4.39. The van der Waals surface area contributed by atoms with Crippen LogP contribution >= 0.6 is 0 Å². The highest BCUT2D eigenvalue weighted by Crippen LogP contribution is 1.83. The summed E-state index contributed by atoms with van der Waals surface area (Å²) in [6, 6.07) is 0. The van der Waals surface area contributed by atoms with Crippen molar-refractivity contribution in [2.75, 3.05) is 19.7 Å². The normalized spacial score (nSPS) is 14.8. The molecule has 1 heterocycles. The van der Waals surface area contributed by atoms with Crippen molar-refractivity contribution in [3.63, 3.8) is 0 Å². The molecule has 1 aliphatic rings. The minimum absolute atomic E-state index is 0. The number of hydrogen-bond acceptors (Lipinski definition) is 1. The molecule has 0 amide bonds.